The van der Waals surface area contributed by atoms with E-state index in [1.165, 1.54) is 23.7 Å². The van der Waals surface area contributed by atoms with Crippen LogP contribution in [0.2, 0.25) is 5.02 Å². The van der Waals surface area contributed by atoms with Crippen LogP contribution in [0.4, 0.5) is 4.39 Å². The van der Waals surface area contributed by atoms with Gasteiger partial charge in [-0.1, -0.05) is 23.7 Å². The van der Waals surface area contributed by atoms with Crippen LogP contribution in [0.3, 0.4) is 0 Å². The molecule has 3 aromatic rings. The molecule has 0 aliphatic carbocycles. The van der Waals surface area contributed by atoms with E-state index in [0.717, 1.165) is 23.4 Å². The number of sulfonamides is 1. The van der Waals surface area contributed by atoms with Gasteiger partial charge in [-0.05, 0) is 42.8 Å². The van der Waals surface area contributed by atoms with Gasteiger partial charge in [0.2, 0.25) is 10.0 Å². The highest BCUT2D eigenvalue weighted by molar-refractivity contribution is 7.89. The molecule has 1 aromatic heterocycles. The second-order valence-electron chi connectivity index (χ2n) is 5.70. The van der Waals surface area contributed by atoms with Crippen molar-refractivity contribution in [2.45, 2.75) is 17.9 Å². The summed E-state index contributed by atoms with van der Waals surface area (Å²) in [6, 6.07) is 10.1. The minimum Gasteiger partial charge on any atom is -0.223 e. The van der Waals surface area contributed by atoms with Gasteiger partial charge in [-0.25, -0.2) is 22.5 Å². The standard InChI is InChI=1S/C17H16ClFN4O2S/c1-12(13-3-6-15(7-4-13)23-11-20-10-21-23)22(2)26(24,25)17-8-5-14(19)9-16(17)18/h3-12H,1-2H3. The maximum Gasteiger partial charge on any atom is 0.244 e. The molecule has 26 heavy (non-hydrogen) atoms. The van der Waals surface area contributed by atoms with E-state index in [4.69, 9.17) is 11.6 Å². The second-order valence-corrected chi connectivity index (χ2v) is 8.08. The average Bonchev–Trinajstić information content (AvgIpc) is 3.15. The quantitative estimate of drug-likeness (QED) is 0.664. The molecule has 0 radical (unpaired) electrons. The molecule has 1 unspecified atom stereocenters. The summed E-state index contributed by atoms with van der Waals surface area (Å²) in [5, 5.41) is 3.90. The lowest BCUT2D eigenvalue weighted by molar-refractivity contribution is 0.398. The highest BCUT2D eigenvalue weighted by Crippen LogP contribution is 2.30. The number of aromatic nitrogens is 3. The first-order valence-electron chi connectivity index (χ1n) is 7.69. The Morgan fingerprint density at radius 3 is 2.46 bits per heavy atom. The lowest BCUT2D eigenvalue weighted by atomic mass is 10.1. The second kappa shape index (κ2) is 7.14. The fourth-order valence-corrected chi connectivity index (χ4v) is 4.36. The molecule has 0 aliphatic heterocycles. The third-order valence-electron chi connectivity index (χ3n) is 4.16. The van der Waals surface area contributed by atoms with E-state index in [1.54, 1.807) is 17.9 Å². The maximum absolute atomic E-state index is 13.2. The molecule has 6 nitrogen and oxygen atoms in total. The van der Waals surface area contributed by atoms with Gasteiger partial charge in [0.25, 0.3) is 0 Å². The zero-order valence-corrected chi connectivity index (χ0v) is 15.6. The van der Waals surface area contributed by atoms with Crippen LogP contribution < -0.4 is 0 Å². The Kier molecular flexibility index (Phi) is 5.08. The molecule has 3 rings (SSSR count). The van der Waals surface area contributed by atoms with Crippen molar-refractivity contribution in [3.63, 3.8) is 0 Å². The Morgan fingerprint density at radius 2 is 1.88 bits per heavy atom. The maximum atomic E-state index is 13.2. The van der Waals surface area contributed by atoms with Crippen LogP contribution >= 0.6 is 11.6 Å². The van der Waals surface area contributed by atoms with E-state index in [1.807, 2.05) is 24.3 Å². The van der Waals surface area contributed by atoms with E-state index in [2.05, 4.69) is 10.1 Å². The van der Waals surface area contributed by atoms with Crippen molar-refractivity contribution in [1.82, 2.24) is 19.1 Å². The van der Waals surface area contributed by atoms with Gasteiger partial charge in [-0.3, -0.25) is 0 Å². The minimum atomic E-state index is -3.88. The van der Waals surface area contributed by atoms with E-state index in [-0.39, 0.29) is 9.92 Å². The zero-order valence-electron chi connectivity index (χ0n) is 14.0. The van der Waals surface area contributed by atoms with Crippen LogP contribution in [0.1, 0.15) is 18.5 Å². The molecule has 1 heterocycles. The summed E-state index contributed by atoms with van der Waals surface area (Å²) < 4.78 is 41.7. The Balaban J connectivity index is 1.87. The summed E-state index contributed by atoms with van der Waals surface area (Å²) in [5.41, 5.74) is 1.60. The molecule has 0 bridgehead atoms. The highest BCUT2D eigenvalue weighted by atomic mass is 35.5. The topological polar surface area (TPSA) is 68.1 Å². The van der Waals surface area contributed by atoms with Crippen molar-refractivity contribution in [3.8, 4) is 5.69 Å². The molecule has 0 amide bonds. The molecular weight excluding hydrogens is 379 g/mol. The van der Waals surface area contributed by atoms with E-state index in [9.17, 15) is 12.8 Å². The summed E-state index contributed by atoms with van der Waals surface area (Å²) in [5.74, 6) is -0.589. The van der Waals surface area contributed by atoms with Gasteiger partial charge in [0.15, 0.2) is 0 Å². The first-order chi connectivity index (χ1) is 12.3. The third-order valence-corrected chi connectivity index (χ3v) is 6.57. The molecule has 0 saturated carbocycles. The number of benzene rings is 2. The molecule has 0 fully saturated rings. The molecule has 0 saturated heterocycles. The predicted octanol–water partition coefficient (Wildman–Crippen LogP) is 3.44. The summed E-state index contributed by atoms with van der Waals surface area (Å²) in [6.45, 7) is 1.76. The molecule has 9 heteroatoms. The van der Waals surface area contributed by atoms with E-state index in [0.29, 0.717) is 0 Å². The van der Waals surface area contributed by atoms with Gasteiger partial charge >= 0.3 is 0 Å². The molecule has 2 aromatic carbocycles. The number of rotatable bonds is 5. The monoisotopic (exact) mass is 394 g/mol. The van der Waals surface area contributed by atoms with Crippen molar-refractivity contribution >= 4 is 21.6 Å². The van der Waals surface area contributed by atoms with Crippen LogP contribution in [0.5, 0.6) is 0 Å². The minimum absolute atomic E-state index is 0.130. The number of halogens is 2. The molecule has 0 N–H and O–H groups in total. The molecule has 0 spiro atoms. The molecular formula is C17H16ClFN4O2S. The zero-order chi connectivity index (χ0) is 18.9. The van der Waals surface area contributed by atoms with Gasteiger partial charge in [0.1, 0.15) is 23.4 Å². The smallest absolute Gasteiger partial charge is 0.223 e. The Hall–Kier alpha value is -2.29. The van der Waals surface area contributed by atoms with Crippen LogP contribution in [0, 0.1) is 5.82 Å². The van der Waals surface area contributed by atoms with Gasteiger partial charge in [-0.2, -0.15) is 9.40 Å². The van der Waals surface area contributed by atoms with Crippen molar-refractivity contribution in [2.75, 3.05) is 7.05 Å². The SMILES string of the molecule is CC(c1ccc(-n2cncn2)cc1)N(C)S(=O)(=O)c1ccc(F)cc1Cl. The van der Waals surface area contributed by atoms with Crippen molar-refractivity contribution in [1.29, 1.82) is 0 Å². The summed E-state index contributed by atoms with van der Waals surface area (Å²) in [4.78, 5) is 3.76. The molecule has 0 aliphatic rings. The van der Waals surface area contributed by atoms with Crippen molar-refractivity contribution in [2.24, 2.45) is 0 Å². The first-order valence-corrected chi connectivity index (χ1v) is 9.50. The van der Waals surface area contributed by atoms with Crippen LogP contribution in [0.25, 0.3) is 5.69 Å². The summed E-state index contributed by atoms with van der Waals surface area (Å²) in [7, 11) is -2.42. The van der Waals surface area contributed by atoms with Gasteiger partial charge in [-0.15, -0.1) is 0 Å². The summed E-state index contributed by atoms with van der Waals surface area (Å²) >= 11 is 5.93. The first kappa shape index (κ1) is 18.5. The van der Waals surface area contributed by atoms with Gasteiger partial charge in [0.05, 0.1) is 10.7 Å². The largest absolute Gasteiger partial charge is 0.244 e. The number of hydrogen-bond donors (Lipinski definition) is 0. The van der Waals surface area contributed by atoms with Crippen LogP contribution in [0.15, 0.2) is 60.0 Å². The van der Waals surface area contributed by atoms with Gasteiger partial charge in [0, 0.05) is 13.1 Å². The lowest BCUT2D eigenvalue weighted by Gasteiger charge is -2.25. The lowest BCUT2D eigenvalue weighted by Crippen LogP contribution is -2.30. The fourth-order valence-electron chi connectivity index (χ4n) is 2.50. The third kappa shape index (κ3) is 3.48. The highest BCUT2D eigenvalue weighted by Gasteiger charge is 2.28. The van der Waals surface area contributed by atoms with Crippen LogP contribution in [-0.2, 0) is 10.0 Å². The van der Waals surface area contributed by atoms with Crippen molar-refractivity contribution in [3.05, 3.63) is 71.5 Å². The fraction of sp³-hybridized carbons (Fsp3) is 0.176. The van der Waals surface area contributed by atoms with E-state index < -0.39 is 21.9 Å². The predicted molar refractivity (Wildman–Crippen MR) is 96.1 cm³/mol. The van der Waals surface area contributed by atoms with Gasteiger partial charge < -0.3 is 0 Å². The Labute approximate surface area is 155 Å². The normalized spacial score (nSPS) is 13.1. The Morgan fingerprint density at radius 1 is 1.19 bits per heavy atom. The van der Waals surface area contributed by atoms with Crippen LogP contribution in [-0.4, -0.2) is 34.5 Å². The Bertz CT molecular complexity index is 1010. The molecule has 136 valence electrons. The summed E-state index contributed by atoms with van der Waals surface area (Å²) in [6.07, 6.45) is 3.01. The van der Waals surface area contributed by atoms with E-state index >= 15 is 0 Å². The molecule has 1 atom stereocenters. The average molecular weight is 395 g/mol. The van der Waals surface area contributed by atoms with Crippen molar-refractivity contribution < 1.29 is 12.8 Å². The number of nitrogens with zero attached hydrogens (tertiary/aromatic N) is 4. The number of hydrogen-bond acceptors (Lipinski definition) is 4.